The third-order valence-corrected chi connectivity index (χ3v) is 5.78. The SMILES string of the molecule is CCCCN(C(=O)C(CCC(N)=O)NC(=O)OC(C)(C)C)C(C(=O)Nc1ccccc1C)c1ccccc1. The molecule has 9 nitrogen and oxygen atoms in total. The summed E-state index contributed by atoms with van der Waals surface area (Å²) in [5, 5.41) is 5.56. The van der Waals surface area contributed by atoms with E-state index in [0.29, 0.717) is 17.7 Å². The van der Waals surface area contributed by atoms with Gasteiger partial charge in [0.05, 0.1) is 0 Å². The quantitative estimate of drug-likeness (QED) is 0.377. The van der Waals surface area contributed by atoms with Crippen LogP contribution in [0.4, 0.5) is 10.5 Å². The average Bonchev–Trinajstić information content (AvgIpc) is 2.84. The molecule has 0 aliphatic heterocycles. The summed E-state index contributed by atoms with van der Waals surface area (Å²) in [6.45, 7) is 9.26. The molecule has 38 heavy (non-hydrogen) atoms. The lowest BCUT2D eigenvalue weighted by atomic mass is 10.0. The monoisotopic (exact) mass is 524 g/mol. The Balaban J connectivity index is 2.49. The first-order valence-corrected chi connectivity index (χ1v) is 12.9. The summed E-state index contributed by atoms with van der Waals surface area (Å²) in [5.74, 6) is -1.49. The van der Waals surface area contributed by atoms with Crippen LogP contribution in [0.15, 0.2) is 54.6 Å². The van der Waals surface area contributed by atoms with E-state index in [0.717, 1.165) is 12.0 Å². The number of nitrogens with one attached hydrogen (secondary N) is 2. The Morgan fingerprint density at radius 2 is 1.63 bits per heavy atom. The highest BCUT2D eigenvalue weighted by atomic mass is 16.6. The number of carbonyl (C=O) groups excluding carboxylic acids is 4. The summed E-state index contributed by atoms with van der Waals surface area (Å²) >= 11 is 0. The van der Waals surface area contributed by atoms with E-state index >= 15 is 0 Å². The highest BCUT2D eigenvalue weighted by Crippen LogP contribution is 2.26. The molecule has 0 aliphatic rings. The van der Waals surface area contributed by atoms with Gasteiger partial charge in [0.2, 0.25) is 11.8 Å². The standard InChI is InChI=1S/C29H40N4O5/c1-6-7-19-33(27(36)23(17-18-24(30)34)32-28(37)38-29(3,4)5)25(21-14-9-8-10-15-21)26(35)31-22-16-12-11-13-20(22)2/h8-16,23,25H,6-7,17-19H2,1-5H3,(H2,30,34)(H,31,35)(H,32,37). The first-order valence-electron chi connectivity index (χ1n) is 12.9. The second-order valence-electron chi connectivity index (χ2n) is 10.2. The van der Waals surface area contributed by atoms with Gasteiger partial charge in [0, 0.05) is 18.7 Å². The summed E-state index contributed by atoms with van der Waals surface area (Å²) in [7, 11) is 0. The van der Waals surface area contributed by atoms with Crippen LogP contribution in [0.5, 0.6) is 0 Å². The van der Waals surface area contributed by atoms with Gasteiger partial charge in [0.25, 0.3) is 5.91 Å². The van der Waals surface area contributed by atoms with Gasteiger partial charge in [-0.15, -0.1) is 0 Å². The Labute approximate surface area is 225 Å². The van der Waals surface area contributed by atoms with Crippen LogP contribution in [0, 0.1) is 6.92 Å². The predicted molar refractivity (Wildman–Crippen MR) is 147 cm³/mol. The molecule has 0 aliphatic carbocycles. The molecule has 4 amide bonds. The summed E-state index contributed by atoms with van der Waals surface area (Å²) in [6.07, 6.45) is 0.449. The average molecular weight is 525 g/mol. The minimum atomic E-state index is -1.12. The van der Waals surface area contributed by atoms with Gasteiger partial charge in [0.15, 0.2) is 0 Å². The van der Waals surface area contributed by atoms with Crippen LogP contribution in [0.2, 0.25) is 0 Å². The third kappa shape index (κ3) is 9.53. The van der Waals surface area contributed by atoms with Gasteiger partial charge in [-0.2, -0.15) is 0 Å². The van der Waals surface area contributed by atoms with Crippen molar-refractivity contribution in [2.24, 2.45) is 5.73 Å². The zero-order valence-electron chi connectivity index (χ0n) is 23.0. The van der Waals surface area contributed by atoms with E-state index in [1.54, 1.807) is 51.1 Å². The maximum Gasteiger partial charge on any atom is 0.408 e. The largest absolute Gasteiger partial charge is 0.444 e. The molecule has 0 saturated heterocycles. The fraction of sp³-hybridized carbons (Fsp3) is 0.448. The number of hydrogen-bond donors (Lipinski definition) is 3. The molecule has 0 spiro atoms. The van der Waals surface area contributed by atoms with Gasteiger partial charge in [0.1, 0.15) is 17.7 Å². The second kappa shape index (κ2) is 14.2. The molecular formula is C29H40N4O5. The lowest BCUT2D eigenvalue weighted by Gasteiger charge is -2.34. The van der Waals surface area contributed by atoms with Crippen molar-refractivity contribution in [3.63, 3.8) is 0 Å². The van der Waals surface area contributed by atoms with Crippen molar-refractivity contribution in [2.75, 3.05) is 11.9 Å². The molecule has 0 radical (unpaired) electrons. The number of nitrogens with zero attached hydrogens (tertiary/aromatic N) is 1. The Morgan fingerprint density at radius 3 is 2.21 bits per heavy atom. The zero-order chi connectivity index (χ0) is 28.3. The lowest BCUT2D eigenvalue weighted by molar-refractivity contribution is -0.141. The van der Waals surface area contributed by atoms with Crippen LogP contribution < -0.4 is 16.4 Å². The molecule has 0 heterocycles. The molecule has 2 unspecified atom stereocenters. The van der Waals surface area contributed by atoms with E-state index < -0.39 is 35.6 Å². The van der Waals surface area contributed by atoms with Gasteiger partial charge in [-0.3, -0.25) is 14.4 Å². The number of rotatable bonds is 12. The fourth-order valence-corrected chi connectivity index (χ4v) is 3.91. The van der Waals surface area contributed by atoms with E-state index in [-0.39, 0.29) is 25.3 Å². The molecule has 2 rings (SSSR count). The Kier molecular flexibility index (Phi) is 11.3. The molecule has 2 aromatic carbocycles. The highest BCUT2D eigenvalue weighted by molar-refractivity contribution is 5.99. The first-order chi connectivity index (χ1) is 17.9. The molecule has 0 aromatic heterocycles. The second-order valence-corrected chi connectivity index (χ2v) is 10.2. The van der Waals surface area contributed by atoms with Crippen molar-refractivity contribution in [1.29, 1.82) is 0 Å². The number of unbranched alkanes of at least 4 members (excludes halogenated alkanes) is 1. The molecule has 2 atom stereocenters. The smallest absolute Gasteiger partial charge is 0.408 e. The Morgan fingerprint density at radius 1 is 1.00 bits per heavy atom. The molecule has 206 valence electrons. The number of para-hydroxylation sites is 1. The van der Waals surface area contributed by atoms with Gasteiger partial charge >= 0.3 is 6.09 Å². The third-order valence-electron chi connectivity index (χ3n) is 5.78. The zero-order valence-corrected chi connectivity index (χ0v) is 23.0. The number of benzene rings is 2. The Bertz CT molecular complexity index is 1100. The van der Waals surface area contributed by atoms with Crippen molar-refractivity contribution in [3.8, 4) is 0 Å². The normalized spacial score (nSPS) is 12.7. The first kappa shape index (κ1) is 30.3. The number of ether oxygens (including phenoxy) is 1. The van der Waals surface area contributed by atoms with E-state index in [1.165, 1.54) is 4.90 Å². The highest BCUT2D eigenvalue weighted by Gasteiger charge is 2.36. The maximum atomic E-state index is 14.0. The molecule has 2 aromatic rings. The van der Waals surface area contributed by atoms with E-state index in [2.05, 4.69) is 10.6 Å². The fourth-order valence-electron chi connectivity index (χ4n) is 3.91. The van der Waals surface area contributed by atoms with Crippen LogP contribution in [-0.2, 0) is 19.1 Å². The van der Waals surface area contributed by atoms with Crippen molar-refractivity contribution in [2.45, 2.75) is 78.0 Å². The minimum Gasteiger partial charge on any atom is -0.444 e. The molecule has 0 bridgehead atoms. The summed E-state index contributed by atoms with van der Waals surface area (Å²) < 4.78 is 5.35. The number of primary amides is 1. The number of amides is 4. The van der Waals surface area contributed by atoms with Crippen molar-refractivity contribution in [3.05, 3.63) is 65.7 Å². The maximum absolute atomic E-state index is 14.0. The molecule has 0 fully saturated rings. The number of alkyl carbamates (subject to hydrolysis) is 1. The van der Waals surface area contributed by atoms with Crippen molar-refractivity contribution >= 4 is 29.5 Å². The predicted octanol–water partition coefficient (Wildman–Crippen LogP) is 4.46. The van der Waals surface area contributed by atoms with Crippen LogP contribution in [0.1, 0.15) is 70.5 Å². The topological polar surface area (TPSA) is 131 Å². The number of carbonyl (C=O) groups is 4. The van der Waals surface area contributed by atoms with Crippen molar-refractivity contribution in [1.82, 2.24) is 10.2 Å². The summed E-state index contributed by atoms with van der Waals surface area (Å²) in [4.78, 5) is 53.5. The lowest BCUT2D eigenvalue weighted by Crippen LogP contribution is -2.52. The van der Waals surface area contributed by atoms with Gasteiger partial charge in [-0.1, -0.05) is 61.9 Å². The molecule has 9 heteroatoms. The number of aryl methyl sites for hydroxylation is 1. The minimum absolute atomic E-state index is 0.0308. The van der Waals surface area contributed by atoms with Crippen LogP contribution in [-0.4, -0.2) is 46.9 Å². The van der Waals surface area contributed by atoms with E-state index in [9.17, 15) is 19.2 Å². The van der Waals surface area contributed by atoms with E-state index in [1.807, 2.05) is 38.1 Å². The molecule has 0 saturated carbocycles. The summed E-state index contributed by atoms with van der Waals surface area (Å²) in [6, 6.07) is 14.3. The van der Waals surface area contributed by atoms with Gasteiger partial charge in [-0.25, -0.2) is 4.79 Å². The summed E-state index contributed by atoms with van der Waals surface area (Å²) in [5.41, 5.74) is 6.71. The number of anilines is 1. The van der Waals surface area contributed by atoms with Gasteiger partial charge in [-0.05, 0) is 57.7 Å². The van der Waals surface area contributed by atoms with Gasteiger partial charge < -0.3 is 26.0 Å². The molecule has 4 N–H and O–H groups in total. The molecular weight excluding hydrogens is 484 g/mol. The Hall–Kier alpha value is -3.88. The number of nitrogens with two attached hydrogens (primary N) is 1. The van der Waals surface area contributed by atoms with Crippen LogP contribution in [0.25, 0.3) is 0 Å². The van der Waals surface area contributed by atoms with E-state index in [4.69, 9.17) is 10.5 Å². The number of hydrogen-bond acceptors (Lipinski definition) is 5. The van der Waals surface area contributed by atoms with Crippen LogP contribution >= 0.6 is 0 Å². The van der Waals surface area contributed by atoms with Crippen molar-refractivity contribution < 1.29 is 23.9 Å². The van der Waals surface area contributed by atoms with Crippen LogP contribution in [0.3, 0.4) is 0 Å².